The first-order valence-electron chi connectivity index (χ1n) is 9.12. The van der Waals surface area contributed by atoms with Crippen LogP contribution in [0.25, 0.3) is 22.6 Å². The van der Waals surface area contributed by atoms with E-state index in [2.05, 4.69) is 20.9 Å². The van der Waals surface area contributed by atoms with E-state index in [0.29, 0.717) is 21.7 Å². The summed E-state index contributed by atoms with van der Waals surface area (Å²) in [5, 5.41) is 0.951. The van der Waals surface area contributed by atoms with Gasteiger partial charge in [-0.1, -0.05) is 42.0 Å². The van der Waals surface area contributed by atoms with Crippen molar-refractivity contribution in [2.75, 3.05) is 19.6 Å². The van der Waals surface area contributed by atoms with E-state index in [1.165, 1.54) is 17.7 Å². The number of halogens is 2. The van der Waals surface area contributed by atoms with Gasteiger partial charge < -0.3 is 4.98 Å². The highest BCUT2D eigenvalue weighted by Gasteiger charge is 2.12. The minimum atomic E-state index is -0.214. The molecule has 4 rings (SSSR count). The van der Waals surface area contributed by atoms with E-state index in [9.17, 15) is 9.18 Å². The van der Waals surface area contributed by atoms with Gasteiger partial charge in [0.25, 0.3) is 5.56 Å². The summed E-state index contributed by atoms with van der Waals surface area (Å²) < 4.78 is 13.1. The van der Waals surface area contributed by atoms with Gasteiger partial charge in [-0.2, -0.15) is 0 Å². The maximum atomic E-state index is 13.1. The number of H-pyrrole nitrogens is 1. The van der Waals surface area contributed by atoms with Gasteiger partial charge in [-0.05, 0) is 47.9 Å². The number of fused-ring (bicyclic) bond motifs is 1. The summed E-state index contributed by atoms with van der Waals surface area (Å²) in [6, 6.07) is 11.8. The number of benzene rings is 2. The molecule has 28 heavy (non-hydrogen) atoms. The molecular weight excluding hydrogens is 377 g/mol. The summed E-state index contributed by atoms with van der Waals surface area (Å²) >= 11 is 6.15. The van der Waals surface area contributed by atoms with Crippen LogP contribution in [0.3, 0.4) is 0 Å². The maximum Gasteiger partial charge on any atom is 0.259 e. The maximum absolute atomic E-state index is 13.1. The van der Waals surface area contributed by atoms with E-state index in [4.69, 9.17) is 11.6 Å². The van der Waals surface area contributed by atoms with Crippen molar-refractivity contribution in [3.8, 4) is 0 Å². The predicted molar refractivity (Wildman–Crippen MR) is 112 cm³/mol. The molecule has 0 bridgehead atoms. The van der Waals surface area contributed by atoms with Gasteiger partial charge in [0.2, 0.25) is 0 Å². The molecule has 1 aromatic heterocycles. The number of para-hydroxylation sites is 1. The van der Waals surface area contributed by atoms with E-state index < -0.39 is 0 Å². The highest BCUT2D eigenvalue weighted by Crippen LogP contribution is 2.22. The zero-order valence-corrected chi connectivity index (χ0v) is 15.9. The first kappa shape index (κ1) is 18.6. The normalized spacial score (nSPS) is 15.3. The lowest BCUT2D eigenvalue weighted by molar-refractivity contribution is 0.335. The molecule has 6 heteroatoms. The van der Waals surface area contributed by atoms with Crippen LogP contribution in [-0.2, 0) is 0 Å². The first-order chi connectivity index (χ1) is 13.6. The highest BCUT2D eigenvalue weighted by atomic mass is 35.5. The molecule has 0 amide bonds. The Morgan fingerprint density at radius 3 is 2.79 bits per heavy atom. The molecule has 0 radical (unpaired) electrons. The molecule has 0 saturated heterocycles. The third kappa shape index (κ3) is 4.06. The summed E-state index contributed by atoms with van der Waals surface area (Å²) in [4.78, 5) is 21.7. The average molecular weight is 396 g/mol. The quantitative estimate of drug-likeness (QED) is 0.706. The lowest BCUT2D eigenvalue weighted by Gasteiger charge is -2.25. The molecule has 2 aromatic carbocycles. The molecule has 1 aliphatic rings. The molecule has 4 nitrogen and oxygen atoms in total. The fourth-order valence-electron chi connectivity index (χ4n) is 3.34. The van der Waals surface area contributed by atoms with Gasteiger partial charge in [0.05, 0.1) is 15.9 Å². The Labute approximate surface area is 167 Å². The lowest BCUT2D eigenvalue weighted by Crippen LogP contribution is -2.28. The van der Waals surface area contributed by atoms with Crippen LogP contribution in [0.15, 0.2) is 59.4 Å². The van der Waals surface area contributed by atoms with E-state index in [1.807, 2.05) is 24.3 Å². The van der Waals surface area contributed by atoms with Gasteiger partial charge in [-0.25, -0.2) is 9.37 Å². The summed E-state index contributed by atoms with van der Waals surface area (Å²) in [7, 11) is 0. The number of aromatic nitrogens is 2. The molecule has 0 unspecified atom stereocenters. The SMILES string of the molecule is O=c1[nH]c(C=CCN2CC=C(c3ccc(F)cc3)CC2)nc2c(Cl)cccc12. The summed E-state index contributed by atoms with van der Waals surface area (Å²) in [6.07, 6.45) is 6.89. The molecule has 1 N–H and O–H groups in total. The average Bonchev–Trinajstić information content (AvgIpc) is 2.70. The van der Waals surface area contributed by atoms with Gasteiger partial charge in [-0.3, -0.25) is 9.69 Å². The Morgan fingerprint density at radius 2 is 2.04 bits per heavy atom. The molecule has 0 saturated carbocycles. The topological polar surface area (TPSA) is 49.0 Å². The summed E-state index contributed by atoms with van der Waals surface area (Å²) in [5.74, 6) is 0.277. The van der Waals surface area contributed by atoms with E-state index in [0.717, 1.165) is 31.6 Å². The largest absolute Gasteiger partial charge is 0.306 e. The lowest BCUT2D eigenvalue weighted by atomic mass is 9.99. The molecule has 0 fully saturated rings. The third-order valence-electron chi connectivity index (χ3n) is 4.85. The Balaban J connectivity index is 1.42. The minimum Gasteiger partial charge on any atom is -0.306 e. The van der Waals surface area contributed by atoms with Crippen LogP contribution in [0.1, 0.15) is 17.8 Å². The van der Waals surface area contributed by atoms with Crippen LogP contribution in [0.4, 0.5) is 4.39 Å². The highest BCUT2D eigenvalue weighted by molar-refractivity contribution is 6.34. The van der Waals surface area contributed by atoms with Crippen LogP contribution < -0.4 is 5.56 Å². The molecule has 2 heterocycles. The van der Waals surface area contributed by atoms with Crippen LogP contribution in [0.5, 0.6) is 0 Å². The van der Waals surface area contributed by atoms with Crippen LogP contribution in [0.2, 0.25) is 5.02 Å². The summed E-state index contributed by atoms with van der Waals surface area (Å²) in [5.41, 5.74) is 2.64. The Bertz CT molecular complexity index is 1120. The van der Waals surface area contributed by atoms with Crippen molar-refractivity contribution < 1.29 is 4.39 Å². The number of hydrogen-bond donors (Lipinski definition) is 1. The predicted octanol–water partition coefficient (Wildman–Crippen LogP) is 4.52. The second-order valence-electron chi connectivity index (χ2n) is 6.74. The Kier molecular flexibility index (Phi) is 5.37. The van der Waals surface area contributed by atoms with Crippen molar-refractivity contribution in [3.05, 3.63) is 87.2 Å². The second-order valence-corrected chi connectivity index (χ2v) is 7.14. The molecule has 1 aliphatic heterocycles. The van der Waals surface area contributed by atoms with Crippen molar-refractivity contribution in [1.82, 2.24) is 14.9 Å². The third-order valence-corrected chi connectivity index (χ3v) is 5.16. The Hall–Kier alpha value is -2.76. The zero-order valence-electron chi connectivity index (χ0n) is 15.2. The first-order valence-corrected chi connectivity index (χ1v) is 9.50. The van der Waals surface area contributed by atoms with Crippen LogP contribution >= 0.6 is 11.6 Å². The van der Waals surface area contributed by atoms with Gasteiger partial charge in [0.1, 0.15) is 11.6 Å². The van der Waals surface area contributed by atoms with Crippen molar-refractivity contribution in [2.24, 2.45) is 0 Å². The van der Waals surface area contributed by atoms with Crippen molar-refractivity contribution >= 4 is 34.2 Å². The minimum absolute atomic E-state index is 0.197. The van der Waals surface area contributed by atoms with E-state index in [1.54, 1.807) is 18.2 Å². The van der Waals surface area contributed by atoms with E-state index >= 15 is 0 Å². The Morgan fingerprint density at radius 1 is 1.21 bits per heavy atom. The van der Waals surface area contributed by atoms with Gasteiger partial charge in [0, 0.05) is 19.6 Å². The number of hydrogen-bond acceptors (Lipinski definition) is 3. The fraction of sp³-hybridized carbons (Fsp3) is 0.182. The van der Waals surface area contributed by atoms with Crippen molar-refractivity contribution in [3.63, 3.8) is 0 Å². The molecule has 0 spiro atoms. The molecule has 0 atom stereocenters. The number of aromatic amines is 1. The number of rotatable bonds is 4. The monoisotopic (exact) mass is 395 g/mol. The van der Waals surface area contributed by atoms with Crippen LogP contribution in [0, 0.1) is 5.82 Å². The molecule has 3 aromatic rings. The molecule has 142 valence electrons. The second kappa shape index (κ2) is 8.09. The fourth-order valence-corrected chi connectivity index (χ4v) is 3.56. The van der Waals surface area contributed by atoms with Gasteiger partial charge in [0.15, 0.2) is 0 Å². The van der Waals surface area contributed by atoms with Crippen LogP contribution in [-0.4, -0.2) is 34.5 Å². The molecule has 0 aliphatic carbocycles. The van der Waals surface area contributed by atoms with Gasteiger partial charge in [-0.15, -0.1) is 0 Å². The zero-order chi connectivity index (χ0) is 19.5. The molecular formula is C22H19ClFN3O. The van der Waals surface area contributed by atoms with Crippen molar-refractivity contribution in [1.29, 1.82) is 0 Å². The summed E-state index contributed by atoms with van der Waals surface area (Å²) in [6.45, 7) is 2.49. The number of nitrogens with zero attached hydrogens (tertiary/aromatic N) is 2. The smallest absolute Gasteiger partial charge is 0.259 e. The standard InChI is InChI=1S/C22H19ClFN3O/c23-19-4-1-3-18-21(19)25-20(26-22(18)28)5-2-12-27-13-10-16(11-14-27)15-6-8-17(24)9-7-15/h1-10H,11-14H2,(H,25,26,28). The van der Waals surface area contributed by atoms with E-state index in [-0.39, 0.29) is 11.4 Å². The number of nitrogens with one attached hydrogen (secondary N) is 1. The van der Waals surface area contributed by atoms with Crippen molar-refractivity contribution in [2.45, 2.75) is 6.42 Å². The van der Waals surface area contributed by atoms with Gasteiger partial charge >= 0.3 is 0 Å².